The molecular formula is C25H19ClFN3O5. The summed E-state index contributed by atoms with van der Waals surface area (Å²) in [6.45, 7) is -0.297. The van der Waals surface area contributed by atoms with Crippen LogP contribution in [0.1, 0.15) is 17.0 Å². The van der Waals surface area contributed by atoms with Crippen molar-refractivity contribution in [2.75, 3.05) is 6.61 Å². The quantitative estimate of drug-likeness (QED) is 0.345. The highest BCUT2D eigenvalue weighted by molar-refractivity contribution is 6.30. The summed E-state index contributed by atoms with van der Waals surface area (Å²) in [5, 5.41) is 9.47. The van der Waals surface area contributed by atoms with Crippen molar-refractivity contribution in [3.05, 3.63) is 111 Å². The number of rotatable bonds is 9. The van der Waals surface area contributed by atoms with Gasteiger partial charge in [0, 0.05) is 24.1 Å². The number of aromatic nitrogens is 3. The van der Waals surface area contributed by atoms with Crippen LogP contribution >= 0.6 is 11.6 Å². The lowest BCUT2D eigenvalue weighted by molar-refractivity contribution is -0.139. The van der Waals surface area contributed by atoms with Crippen molar-refractivity contribution in [3.63, 3.8) is 0 Å². The number of hydrogen-bond acceptors (Lipinski definition) is 6. The second-order valence-corrected chi connectivity index (χ2v) is 7.92. The number of benzene rings is 2. The molecule has 0 radical (unpaired) electrons. The number of carbonyl (C=O) groups is 1. The first kappa shape index (κ1) is 23.9. The summed E-state index contributed by atoms with van der Waals surface area (Å²) in [5.41, 5.74) is 1.07. The van der Waals surface area contributed by atoms with E-state index in [4.69, 9.17) is 26.2 Å². The van der Waals surface area contributed by atoms with Crippen molar-refractivity contribution in [1.82, 2.24) is 14.5 Å². The number of pyridine rings is 1. The predicted octanol–water partition coefficient (Wildman–Crippen LogP) is 4.33. The van der Waals surface area contributed by atoms with Gasteiger partial charge in [-0.15, -0.1) is 0 Å². The number of carboxylic acids is 1. The topological polar surface area (TPSA) is 104 Å². The third-order valence-corrected chi connectivity index (χ3v) is 5.11. The van der Waals surface area contributed by atoms with E-state index in [1.54, 1.807) is 47.0 Å². The molecule has 35 heavy (non-hydrogen) atoms. The van der Waals surface area contributed by atoms with Crippen LogP contribution in [0.2, 0.25) is 5.02 Å². The minimum atomic E-state index is -1.20. The summed E-state index contributed by atoms with van der Waals surface area (Å²) in [7, 11) is 0. The van der Waals surface area contributed by atoms with Crippen LogP contribution in [-0.2, 0) is 17.8 Å². The molecule has 0 aliphatic heterocycles. The lowest BCUT2D eigenvalue weighted by Crippen LogP contribution is -2.22. The lowest BCUT2D eigenvalue weighted by atomic mass is 10.1. The Balaban J connectivity index is 1.58. The van der Waals surface area contributed by atoms with E-state index in [0.29, 0.717) is 29.6 Å². The zero-order valence-corrected chi connectivity index (χ0v) is 19.0. The van der Waals surface area contributed by atoms with E-state index in [0.717, 1.165) is 11.1 Å². The predicted molar refractivity (Wildman–Crippen MR) is 126 cm³/mol. The summed E-state index contributed by atoms with van der Waals surface area (Å²) in [6, 6.07) is 18.5. The molecule has 4 aromatic rings. The number of halogens is 2. The summed E-state index contributed by atoms with van der Waals surface area (Å²) in [6.07, 6.45) is 1.76. The van der Waals surface area contributed by atoms with Crippen LogP contribution in [0.15, 0.2) is 77.7 Å². The van der Waals surface area contributed by atoms with E-state index < -0.39 is 24.1 Å². The highest BCUT2D eigenvalue weighted by Gasteiger charge is 2.13. The van der Waals surface area contributed by atoms with E-state index in [-0.39, 0.29) is 11.6 Å². The van der Waals surface area contributed by atoms with Crippen LogP contribution in [0.3, 0.4) is 0 Å². The molecule has 2 aromatic carbocycles. The van der Waals surface area contributed by atoms with Crippen LogP contribution in [0.25, 0.3) is 0 Å². The van der Waals surface area contributed by atoms with Crippen molar-refractivity contribution < 1.29 is 23.8 Å². The molecule has 8 nitrogen and oxygen atoms in total. The zero-order valence-electron chi connectivity index (χ0n) is 18.2. The molecular weight excluding hydrogens is 477 g/mol. The SMILES string of the molecule is O=C(O)COc1cn(Cc2ccc(Cl)cc2)c(Cc2ccc(Oc3cccc(F)n3)cc2)nc1=O. The Morgan fingerprint density at radius 1 is 1.00 bits per heavy atom. The molecule has 0 saturated heterocycles. The molecule has 0 atom stereocenters. The van der Waals surface area contributed by atoms with Crippen molar-refractivity contribution >= 4 is 17.6 Å². The van der Waals surface area contributed by atoms with Gasteiger partial charge in [-0.2, -0.15) is 14.4 Å². The van der Waals surface area contributed by atoms with E-state index in [1.807, 2.05) is 12.1 Å². The molecule has 0 spiro atoms. The van der Waals surface area contributed by atoms with Gasteiger partial charge in [0.15, 0.2) is 6.61 Å². The maximum Gasteiger partial charge on any atom is 0.341 e. The van der Waals surface area contributed by atoms with E-state index in [2.05, 4.69) is 9.97 Å². The maximum absolute atomic E-state index is 13.3. The number of aliphatic carboxylic acids is 1. The van der Waals surface area contributed by atoms with Crippen LogP contribution < -0.4 is 15.0 Å². The van der Waals surface area contributed by atoms with Gasteiger partial charge in [0.2, 0.25) is 17.6 Å². The lowest BCUT2D eigenvalue weighted by Gasteiger charge is -2.15. The molecule has 2 aromatic heterocycles. The van der Waals surface area contributed by atoms with Crippen LogP contribution in [0.4, 0.5) is 4.39 Å². The molecule has 0 amide bonds. The van der Waals surface area contributed by atoms with Gasteiger partial charge in [0.05, 0.1) is 6.20 Å². The smallest absolute Gasteiger partial charge is 0.341 e. The van der Waals surface area contributed by atoms with E-state index in [1.165, 1.54) is 18.3 Å². The molecule has 0 aliphatic rings. The summed E-state index contributed by atoms with van der Waals surface area (Å²) in [5.74, 6) is -0.943. The second-order valence-electron chi connectivity index (χ2n) is 7.48. The Kier molecular flexibility index (Phi) is 7.37. The first-order valence-corrected chi connectivity index (χ1v) is 10.8. The van der Waals surface area contributed by atoms with Crippen LogP contribution in [-0.4, -0.2) is 32.2 Å². The summed E-state index contributed by atoms with van der Waals surface area (Å²) >= 11 is 5.97. The zero-order chi connectivity index (χ0) is 24.8. The monoisotopic (exact) mass is 495 g/mol. The van der Waals surface area contributed by atoms with E-state index >= 15 is 0 Å². The summed E-state index contributed by atoms with van der Waals surface area (Å²) < 4.78 is 25.7. The minimum Gasteiger partial charge on any atom is -0.479 e. The average molecular weight is 496 g/mol. The van der Waals surface area contributed by atoms with Gasteiger partial charge < -0.3 is 19.1 Å². The highest BCUT2D eigenvalue weighted by atomic mass is 35.5. The highest BCUT2D eigenvalue weighted by Crippen LogP contribution is 2.21. The third-order valence-electron chi connectivity index (χ3n) is 4.86. The van der Waals surface area contributed by atoms with Crippen LogP contribution in [0.5, 0.6) is 17.4 Å². The molecule has 2 heterocycles. The number of hydrogen-bond donors (Lipinski definition) is 1. The van der Waals surface area contributed by atoms with Gasteiger partial charge in [0.1, 0.15) is 11.6 Å². The molecule has 1 N–H and O–H groups in total. The molecule has 10 heteroatoms. The van der Waals surface area contributed by atoms with Gasteiger partial charge in [-0.3, -0.25) is 4.79 Å². The number of carboxylic acid groups (broad SMARTS) is 1. The standard InChI is InChI=1S/C25H19ClFN3O5/c26-18-8-4-17(5-9-18)13-30-14-20(34-15-24(31)32)25(33)29-22(30)12-16-6-10-19(11-7-16)35-23-3-1-2-21(27)28-23/h1-11,14H,12-13,15H2,(H,31,32). The third kappa shape index (κ3) is 6.64. The van der Waals surface area contributed by atoms with E-state index in [9.17, 15) is 14.0 Å². The Morgan fingerprint density at radius 2 is 1.71 bits per heavy atom. The average Bonchev–Trinajstić information content (AvgIpc) is 2.82. The van der Waals surface area contributed by atoms with Crippen molar-refractivity contribution in [3.8, 4) is 17.4 Å². The Labute approximate surface area is 204 Å². The van der Waals surface area contributed by atoms with Gasteiger partial charge in [-0.25, -0.2) is 4.79 Å². The summed E-state index contributed by atoms with van der Waals surface area (Å²) in [4.78, 5) is 31.1. The van der Waals surface area contributed by atoms with Crippen molar-refractivity contribution in [2.24, 2.45) is 0 Å². The Bertz CT molecular complexity index is 1390. The molecule has 0 saturated carbocycles. The fraction of sp³-hybridized carbons (Fsp3) is 0.120. The minimum absolute atomic E-state index is 0.133. The number of nitrogens with zero attached hydrogens (tertiary/aromatic N) is 3. The first-order chi connectivity index (χ1) is 16.9. The van der Waals surface area contributed by atoms with Gasteiger partial charge in [-0.1, -0.05) is 41.9 Å². The normalized spacial score (nSPS) is 10.7. The van der Waals surface area contributed by atoms with Crippen LogP contribution in [0, 0.1) is 5.95 Å². The number of ether oxygens (including phenoxy) is 2. The second kappa shape index (κ2) is 10.8. The molecule has 4 rings (SSSR count). The molecule has 0 unspecified atom stereocenters. The van der Waals surface area contributed by atoms with Crippen molar-refractivity contribution in [2.45, 2.75) is 13.0 Å². The van der Waals surface area contributed by atoms with Gasteiger partial charge in [-0.05, 0) is 41.5 Å². The first-order valence-electron chi connectivity index (χ1n) is 10.4. The molecule has 178 valence electrons. The maximum atomic E-state index is 13.3. The molecule has 0 fully saturated rings. The Hall–Kier alpha value is -4.24. The fourth-order valence-corrected chi connectivity index (χ4v) is 3.36. The molecule has 0 aliphatic carbocycles. The van der Waals surface area contributed by atoms with Crippen molar-refractivity contribution in [1.29, 1.82) is 0 Å². The van der Waals surface area contributed by atoms with Gasteiger partial charge in [0.25, 0.3) is 0 Å². The van der Waals surface area contributed by atoms with Gasteiger partial charge >= 0.3 is 11.5 Å². The Morgan fingerprint density at radius 3 is 2.40 bits per heavy atom. The largest absolute Gasteiger partial charge is 0.479 e. The fourth-order valence-electron chi connectivity index (χ4n) is 3.24. The molecule has 0 bridgehead atoms.